The molecule has 0 spiro atoms. The standard InChI is InChI=1S/C16H25N/c1-5-14-10-17-7-6-15(14)16-9-12(3)11(2)8-13(16)4/h8-9,14-15,17H,5-7,10H2,1-4H3. The number of hydrogen-bond donors (Lipinski definition) is 1. The molecule has 1 aromatic carbocycles. The molecule has 94 valence electrons. The number of benzene rings is 1. The molecule has 1 fully saturated rings. The fourth-order valence-corrected chi connectivity index (χ4v) is 3.14. The Morgan fingerprint density at radius 3 is 2.53 bits per heavy atom. The molecule has 17 heavy (non-hydrogen) atoms. The first kappa shape index (κ1) is 12.6. The maximum Gasteiger partial charge on any atom is -0.00148 e. The van der Waals surface area contributed by atoms with E-state index in [4.69, 9.17) is 0 Å². The van der Waals surface area contributed by atoms with Crippen LogP contribution in [0.25, 0.3) is 0 Å². The van der Waals surface area contributed by atoms with Crippen LogP contribution in [0.3, 0.4) is 0 Å². The Bertz CT molecular complexity index is 395. The van der Waals surface area contributed by atoms with E-state index in [1.165, 1.54) is 42.6 Å². The van der Waals surface area contributed by atoms with Crippen LogP contribution in [0.4, 0.5) is 0 Å². The van der Waals surface area contributed by atoms with Crippen molar-refractivity contribution >= 4 is 0 Å². The van der Waals surface area contributed by atoms with Gasteiger partial charge in [-0.15, -0.1) is 0 Å². The van der Waals surface area contributed by atoms with E-state index in [1.807, 2.05) is 0 Å². The van der Waals surface area contributed by atoms with Crippen molar-refractivity contribution in [2.45, 2.75) is 46.5 Å². The van der Waals surface area contributed by atoms with Crippen LogP contribution in [-0.4, -0.2) is 13.1 Å². The van der Waals surface area contributed by atoms with Gasteiger partial charge in [0, 0.05) is 0 Å². The fourth-order valence-electron chi connectivity index (χ4n) is 3.14. The quantitative estimate of drug-likeness (QED) is 0.818. The Labute approximate surface area is 106 Å². The zero-order valence-electron chi connectivity index (χ0n) is 11.6. The number of piperidine rings is 1. The second-order valence-electron chi connectivity index (χ2n) is 5.56. The van der Waals surface area contributed by atoms with Gasteiger partial charge in [-0.1, -0.05) is 25.5 Å². The van der Waals surface area contributed by atoms with E-state index < -0.39 is 0 Å². The smallest absolute Gasteiger partial charge is 0.00148 e. The lowest BCUT2D eigenvalue weighted by molar-refractivity contribution is 0.317. The first-order valence-corrected chi connectivity index (χ1v) is 6.92. The van der Waals surface area contributed by atoms with Crippen molar-refractivity contribution in [1.82, 2.24) is 5.32 Å². The van der Waals surface area contributed by atoms with Crippen LogP contribution in [0.15, 0.2) is 12.1 Å². The van der Waals surface area contributed by atoms with Gasteiger partial charge in [0.25, 0.3) is 0 Å². The molecule has 2 unspecified atom stereocenters. The first-order valence-electron chi connectivity index (χ1n) is 6.92. The minimum atomic E-state index is 0.764. The number of hydrogen-bond acceptors (Lipinski definition) is 1. The first-order chi connectivity index (χ1) is 8.13. The van der Waals surface area contributed by atoms with Gasteiger partial charge in [0.15, 0.2) is 0 Å². The highest BCUT2D eigenvalue weighted by atomic mass is 14.9. The summed E-state index contributed by atoms with van der Waals surface area (Å²) in [7, 11) is 0. The second kappa shape index (κ2) is 5.22. The lowest BCUT2D eigenvalue weighted by Crippen LogP contribution is -2.35. The Kier molecular flexibility index (Phi) is 3.88. The van der Waals surface area contributed by atoms with E-state index in [2.05, 4.69) is 45.1 Å². The summed E-state index contributed by atoms with van der Waals surface area (Å²) in [5.41, 5.74) is 5.95. The van der Waals surface area contributed by atoms with Crippen LogP contribution in [0, 0.1) is 26.7 Å². The third-order valence-corrected chi connectivity index (χ3v) is 4.41. The number of aryl methyl sites for hydroxylation is 3. The zero-order chi connectivity index (χ0) is 12.4. The zero-order valence-corrected chi connectivity index (χ0v) is 11.6. The van der Waals surface area contributed by atoms with Gasteiger partial charge in [-0.25, -0.2) is 0 Å². The van der Waals surface area contributed by atoms with Gasteiger partial charge < -0.3 is 5.32 Å². The summed E-state index contributed by atoms with van der Waals surface area (Å²) in [6.07, 6.45) is 2.58. The molecule has 2 atom stereocenters. The van der Waals surface area contributed by atoms with Gasteiger partial charge in [-0.3, -0.25) is 0 Å². The van der Waals surface area contributed by atoms with Gasteiger partial charge in [-0.05, 0) is 74.4 Å². The molecule has 2 rings (SSSR count). The molecule has 0 aliphatic carbocycles. The monoisotopic (exact) mass is 231 g/mol. The van der Waals surface area contributed by atoms with Crippen molar-refractivity contribution in [3.05, 3.63) is 34.4 Å². The van der Waals surface area contributed by atoms with Crippen LogP contribution in [0.5, 0.6) is 0 Å². The van der Waals surface area contributed by atoms with Gasteiger partial charge in [0.1, 0.15) is 0 Å². The van der Waals surface area contributed by atoms with Crippen molar-refractivity contribution in [1.29, 1.82) is 0 Å². The van der Waals surface area contributed by atoms with E-state index in [0.717, 1.165) is 11.8 Å². The van der Waals surface area contributed by atoms with Crippen LogP contribution in [0.2, 0.25) is 0 Å². The van der Waals surface area contributed by atoms with E-state index in [1.54, 1.807) is 5.56 Å². The Morgan fingerprint density at radius 1 is 1.12 bits per heavy atom. The minimum Gasteiger partial charge on any atom is -0.316 e. The van der Waals surface area contributed by atoms with Crippen molar-refractivity contribution in [3.8, 4) is 0 Å². The Hall–Kier alpha value is -0.820. The maximum atomic E-state index is 3.53. The van der Waals surface area contributed by atoms with E-state index in [-0.39, 0.29) is 0 Å². The summed E-state index contributed by atoms with van der Waals surface area (Å²) in [6, 6.07) is 4.79. The predicted octanol–water partition coefficient (Wildman–Crippen LogP) is 3.71. The molecule has 0 amide bonds. The highest BCUT2D eigenvalue weighted by Gasteiger charge is 2.26. The summed E-state index contributed by atoms with van der Waals surface area (Å²) in [5, 5.41) is 3.53. The average molecular weight is 231 g/mol. The Morgan fingerprint density at radius 2 is 1.82 bits per heavy atom. The van der Waals surface area contributed by atoms with Crippen LogP contribution in [-0.2, 0) is 0 Å². The maximum absolute atomic E-state index is 3.53. The summed E-state index contributed by atoms with van der Waals surface area (Å²) < 4.78 is 0. The van der Waals surface area contributed by atoms with E-state index in [0.29, 0.717) is 0 Å². The third kappa shape index (κ3) is 2.55. The fraction of sp³-hybridized carbons (Fsp3) is 0.625. The Balaban J connectivity index is 2.34. The molecule has 0 radical (unpaired) electrons. The highest BCUT2D eigenvalue weighted by molar-refractivity contribution is 5.39. The summed E-state index contributed by atoms with van der Waals surface area (Å²) in [5.74, 6) is 1.57. The lowest BCUT2D eigenvalue weighted by atomic mass is 9.77. The summed E-state index contributed by atoms with van der Waals surface area (Å²) in [6.45, 7) is 11.4. The SMILES string of the molecule is CCC1CNCCC1c1cc(C)c(C)cc1C. The van der Waals surface area contributed by atoms with Crippen LogP contribution < -0.4 is 5.32 Å². The van der Waals surface area contributed by atoms with Crippen molar-refractivity contribution < 1.29 is 0 Å². The number of rotatable bonds is 2. The van der Waals surface area contributed by atoms with Crippen molar-refractivity contribution in [2.24, 2.45) is 5.92 Å². The molecule has 0 saturated carbocycles. The summed E-state index contributed by atoms with van der Waals surface area (Å²) >= 11 is 0. The molecule has 1 aromatic rings. The molecular formula is C16H25N. The third-order valence-electron chi connectivity index (χ3n) is 4.41. The number of nitrogens with one attached hydrogen (secondary N) is 1. The molecule has 1 N–H and O–H groups in total. The molecule has 1 aliphatic rings. The molecule has 0 aromatic heterocycles. The van der Waals surface area contributed by atoms with Crippen LogP contribution >= 0.6 is 0 Å². The summed E-state index contributed by atoms with van der Waals surface area (Å²) in [4.78, 5) is 0. The van der Waals surface area contributed by atoms with Crippen molar-refractivity contribution in [3.63, 3.8) is 0 Å². The minimum absolute atomic E-state index is 0.764. The molecule has 0 bridgehead atoms. The largest absolute Gasteiger partial charge is 0.316 e. The van der Waals surface area contributed by atoms with E-state index in [9.17, 15) is 0 Å². The average Bonchev–Trinajstić information content (AvgIpc) is 2.34. The topological polar surface area (TPSA) is 12.0 Å². The van der Waals surface area contributed by atoms with E-state index >= 15 is 0 Å². The van der Waals surface area contributed by atoms with Gasteiger partial charge in [0.2, 0.25) is 0 Å². The molecule has 1 nitrogen and oxygen atoms in total. The van der Waals surface area contributed by atoms with Crippen LogP contribution in [0.1, 0.15) is 47.9 Å². The predicted molar refractivity (Wildman–Crippen MR) is 74.7 cm³/mol. The highest BCUT2D eigenvalue weighted by Crippen LogP contribution is 2.35. The van der Waals surface area contributed by atoms with Crippen molar-refractivity contribution in [2.75, 3.05) is 13.1 Å². The molecule has 1 saturated heterocycles. The second-order valence-corrected chi connectivity index (χ2v) is 5.56. The normalized spacial score (nSPS) is 24.9. The van der Waals surface area contributed by atoms with Gasteiger partial charge >= 0.3 is 0 Å². The molecule has 1 heterocycles. The van der Waals surface area contributed by atoms with Gasteiger partial charge in [-0.2, -0.15) is 0 Å². The van der Waals surface area contributed by atoms with Gasteiger partial charge in [0.05, 0.1) is 0 Å². The molecular weight excluding hydrogens is 206 g/mol. The molecule has 1 heteroatoms. The lowest BCUT2D eigenvalue weighted by Gasteiger charge is -2.33. The molecule has 1 aliphatic heterocycles.